The highest BCUT2D eigenvalue weighted by Gasteiger charge is 2.13. The summed E-state index contributed by atoms with van der Waals surface area (Å²) in [6, 6.07) is 7.46. The van der Waals surface area contributed by atoms with Crippen LogP contribution >= 0.6 is 28.3 Å². The Bertz CT molecular complexity index is 405. The Labute approximate surface area is 135 Å². The maximum absolute atomic E-state index is 11.8. The fourth-order valence-electron chi connectivity index (χ4n) is 1.52. The summed E-state index contributed by atoms with van der Waals surface area (Å²) in [5.74, 6) is 0.583. The molecule has 0 saturated carbocycles. The highest BCUT2D eigenvalue weighted by atomic mass is 79.9. The summed E-state index contributed by atoms with van der Waals surface area (Å²) < 4.78 is 6.50. The van der Waals surface area contributed by atoms with Gasteiger partial charge in [0.25, 0.3) is 5.91 Å². The summed E-state index contributed by atoms with van der Waals surface area (Å²) >= 11 is 3.37. The first-order chi connectivity index (χ1) is 9.13. The predicted molar refractivity (Wildman–Crippen MR) is 87.7 cm³/mol. The Morgan fingerprint density at radius 3 is 2.75 bits per heavy atom. The lowest BCUT2D eigenvalue weighted by Crippen LogP contribution is -2.39. The molecule has 0 aromatic heterocycles. The third kappa shape index (κ3) is 7.72. The number of ether oxygens (including phenoxy) is 1. The zero-order chi connectivity index (χ0) is 14.1. The number of benzene rings is 1. The van der Waals surface area contributed by atoms with Gasteiger partial charge in [0.2, 0.25) is 0 Å². The summed E-state index contributed by atoms with van der Waals surface area (Å²) in [5, 5.41) is 6.06. The van der Waals surface area contributed by atoms with Crippen LogP contribution in [0.1, 0.15) is 20.3 Å². The molecule has 0 spiro atoms. The van der Waals surface area contributed by atoms with Gasteiger partial charge in [-0.15, -0.1) is 12.4 Å². The van der Waals surface area contributed by atoms with Crippen LogP contribution in [0.2, 0.25) is 0 Å². The van der Waals surface area contributed by atoms with Gasteiger partial charge < -0.3 is 15.4 Å². The number of amides is 1. The van der Waals surface area contributed by atoms with Crippen molar-refractivity contribution in [2.75, 3.05) is 19.6 Å². The van der Waals surface area contributed by atoms with Gasteiger partial charge in [-0.1, -0.05) is 28.9 Å². The third-order valence-corrected chi connectivity index (χ3v) is 3.00. The molecule has 1 atom stereocenters. The second-order valence-electron chi connectivity index (χ2n) is 4.26. The Balaban J connectivity index is 0.00000361. The first kappa shape index (κ1) is 19.2. The minimum atomic E-state index is -0.500. The van der Waals surface area contributed by atoms with Gasteiger partial charge >= 0.3 is 0 Å². The molecule has 2 N–H and O–H groups in total. The van der Waals surface area contributed by atoms with Gasteiger partial charge in [0.1, 0.15) is 5.75 Å². The minimum absolute atomic E-state index is 0. The van der Waals surface area contributed by atoms with Crippen molar-refractivity contribution in [3.05, 3.63) is 28.7 Å². The molecule has 0 aliphatic carbocycles. The van der Waals surface area contributed by atoms with E-state index in [1.54, 1.807) is 6.92 Å². The Kier molecular flexibility index (Phi) is 10.5. The van der Waals surface area contributed by atoms with Gasteiger partial charge in [-0.05, 0) is 38.1 Å². The molecule has 1 aromatic rings. The van der Waals surface area contributed by atoms with Crippen LogP contribution in [0, 0.1) is 0 Å². The van der Waals surface area contributed by atoms with Crippen LogP contribution in [0.4, 0.5) is 0 Å². The van der Waals surface area contributed by atoms with Gasteiger partial charge in [0, 0.05) is 17.6 Å². The number of hydrogen-bond donors (Lipinski definition) is 2. The Hall–Kier alpha value is -0.780. The van der Waals surface area contributed by atoms with Crippen molar-refractivity contribution in [3.8, 4) is 5.75 Å². The highest BCUT2D eigenvalue weighted by molar-refractivity contribution is 9.10. The van der Waals surface area contributed by atoms with Crippen molar-refractivity contribution in [1.82, 2.24) is 10.6 Å². The summed E-state index contributed by atoms with van der Waals surface area (Å²) in [4.78, 5) is 11.8. The van der Waals surface area contributed by atoms with Crippen LogP contribution in [-0.4, -0.2) is 31.6 Å². The van der Waals surface area contributed by atoms with E-state index < -0.39 is 6.10 Å². The van der Waals surface area contributed by atoms with E-state index in [0.29, 0.717) is 12.3 Å². The van der Waals surface area contributed by atoms with Crippen LogP contribution in [-0.2, 0) is 4.79 Å². The standard InChI is InChI=1S/C14H21BrN2O2.ClH/c1-3-7-16-8-9-17-14(18)11(2)19-13-6-4-5-12(15)10-13;/h4-6,10-11,16H,3,7-9H2,1-2H3,(H,17,18);1H. The molecule has 1 rings (SSSR count). The predicted octanol–water partition coefficient (Wildman–Crippen LogP) is 2.75. The monoisotopic (exact) mass is 364 g/mol. The van der Waals surface area contributed by atoms with Gasteiger partial charge in [-0.25, -0.2) is 0 Å². The van der Waals surface area contributed by atoms with Gasteiger partial charge in [-0.2, -0.15) is 0 Å². The quantitative estimate of drug-likeness (QED) is 0.697. The van der Waals surface area contributed by atoms with E-state index in [1.807, 2.05) is 24.3 Å². The smallest absolute Gasteiger partial charge is 0.260 e. The summed E-state index contributed by atoms with van der Waals surface area (Å²) in [6.07, 6.45) is 0.594. The van der Waals surface area contributed by atoms with E-state index in [-0.39, 0.29) is 18.3 Å². The molecule has 0 fully saturated rings. The Morgan fingerprint density at radius 2 is 2.10 bits per heavy atom. The molecule has 0 aliphatic rings. The zero-order valence-electron chi connectivity index (χ0n) is 11.8. The topological polar surface area (TPSA) is 50.4 Å². The summed E-state index contributed by atoms with van der Waals surface area (Å²) in [7, 11) is 0. The molecule has 114 valence electrons. The second-order valence-corrected chi connectivity index (χ2v) is 5.17. The molecular formula is C14H22BrClN2O2. The third-order valence-electron chi connectivity index (χ3n) is 2.51. The molecule has 0 radical (unpaired) electrons. The average molecular weight is 366 g/mol. The fraction of sp³-hybridized carbons (Fsp3) is 0.500. The summed E-state index contributed by atoms with van der Waals surface area (Å²) in [6.45, 7) is 6.23. The molecule has 4 nitrogen and oxygen atoms in total. The zero-order valence-corrected chi connectivity index (χ0v) is 14.2. The van der Waals surface area contributed by atoms with Crippen molar-refractivity contribution >= 4 is 34.2 Å². The normalized spacial score (nSPS) is 11.3. The SMILES string of the molecule is CCCNCCNC(=O)C(C)Oc1cccc(Br)c1.Cl. The molecule has 1 aromatic carbocycles. The van der Waals surface area contributed by atoms with Crippen LogP contribution in [0.3, 0.4) is 0 Å². The van der Waals surface area contributed by atoms with Crippen LogP contribution in [0.25, 0.3) is 0 Å². The maximum Gasteiger partial charge on any atom is 0.260 e. The van der Waals surface area contributed by atoms with Crippen LogP contribution < -0.4 is 15.4 Å². The van der Waals surface area contributed by atoms with E-state index in [2.05, 4.69) is 33.5 Å². The van der Waals surface area contributed by atoms with E-state index >= 15 is 0 Å². The summed E-state index contributed by atoms with van der Waals surface area (Å²) in [5.41, 5.74) is 0. The van der Waals surface area contributed by atoms with Crippen molar-refractivity contribution in [2.45, 2.75) is 26.4 Å². The number of hydrogen-bond acceptors (Lipinski definition) is 3. The van der Waals surface area contributed by atoms with Crippen LogP contribution in [0.5, 0.6) is 5.75 Å². The lowest BCUT2D eigenvalue weighted by molar-refractivity contribution is -0.127. The molecule has 1 amide bonds. The largest absolute Gasteiger partial charge is 0.481 e. The first-order valence-electron chi connectivity index (χ1n) is 6.54. The lowest BCUT2D eigenvalue weighted by atomic mass is 10.3. The molecule has 0 aliphatic heterocycles. The molecule has 0 saturated heterocycles. The highest BCUT2D eigenvalue weighted by Crippen LogP contribution is 2.18. The van der Waals surface area contributed by atoms with Gasteiger partial charge in [0.15, 0.2) is 6.10 Å². The number of carbonyl (C=O) groups excluding carboxylic acids is 1. The first-order valence-corrected chi connectivity index (χ1v) is 7.33. The second kappa shape index (κ2) is 10.9. The molecule has 20 heavy (non-hydrogen) atoms. The Morgan fingerprint density at radius 1 is 1.35 bits per heavy atom. The van der Waals surface area contributed by atoms with Gasteiger partial charge in [0.05, 0.1) is 0 Å². The molecule has 0 heterocycles. The molecule has 1 unspecified atom stereocenters. The van der Waals surface area contributed by atoms with Gasteiger partial charge in [-0.3, -0.25) is 4.79 Å². The lowest BCUT2D eigenvalue weighted by Gasteiger charge is -2.15. The molecular weight excluding hydrogens is 344 g/mol. The van der Waals surface area contributed by atoms with Crippen molar-refractivity contribution in [1.29, 1.82) is 0 Å². The van der Waals surface area contributed by atoms with E-state index in [4.69, 9.17) is 4.74 Å². The van der Waals surface area contributed by atoms with Crippen molar-refractivity contribution in [3.63, 3.8) is 0 Å². The average Bonchev–Trinajstić information content (AvgIpc) is 2.38. The minimum Gasteiger partial charge on any atom is -0.481 e. The van der Waals surface area contributed by atoms with E-state index in [1.165, 1.54) is 0 Å². The number of rotatable bonds is 8. The van der Waals surface area contributed by atoms with E-state index in [9.17, 15) is 4.79 Å². The number of halogens is 2. The van der Waals surface area contributed by atoms with E-state index in [0.717, 1.165) is 24.0 Å². The fourth-order valence-corrected chi connectivity index (χ4v) is 1.90. The number of nitrogens with one attached hydrogen (secondary N) is 2. The number of carbonyl (C=O) groups is 1. The molecule has 6 heteroatoms. The maximum atomic E-state index is 11.8. The van der Waals surface area contributed by atoms with Crippen molar-refractivity contribution < 1.29 is 9.53 Å². The van der Waals surface area contributed by atoms with Crippen molar-refractivity contribution in [2.24, 2.45) is 0 Å². The molecule has 0 bridgehead atoms. The van der Waals surface area contributed by atoms with Crippen LogP contribution in [0.15, 0.2) is 28.7 Å².